The summed E-state index contributed by atoms with van der Waals surface area (Å²) < 4.78 is 3.38. The molecule has 3 rings (SSSR count). The SMILES string of the molecule is CCn1c(=O)n(CC)c2cc(NC(=O)CSc3ncc(C#N)c(N)n3)ccc21. The molecule has 0 saturated heterocycles. The third kappa shape index (κ3) is 3.70. The minimum absolute atomic E-state index is 0.0606. The Morgan fingerprint density at radius 3 is 2.64 bits per heavy atom. The van der Waals surface area contributed by atoms with E-state index >= 15 is 0 Å². The van der Waals surface area contributed by atoms with Gasteiger partial charge in [0.25, 0.3) is 0 Å². The number of nitrogens with one attached hydrogen (secondary N) is 1. The molecule has 1 amide bonds. The topological polar surface area (TPSA) is 132 Å². The predicted molar refractivity (Wildman–Crippen MR) is 108 cm³/mol. The summed E-state index contributed by atoms with van der Waals surface area (Å²) in [5.74, 6) is -0.0695. The molecule has 0 saturated carbocycles. The molecule has 10 heteroatoms. The van der Waals surface area contributed by atoms with Crippen LogP contribution in [-0.4, -0.2) is 30.8 Å². The van der Waals surface area contributed by atoms with Gasteiger partial charge >= 0.3 is 5.69 Å². The number of fused-ring (bicyclic) bond motifs is 1. The van der Waals surface area contributed by atoms with Crippen LogP contribution >= 0.6 is 11.8 Å². The highest BCUT2D eigenvalue weighted by atomic mass is 32.2. The summed E-state index contributed by atoms with van der Waals surface area (Å²) in [5.41, 5.74) is 8.01. The van der Waals surface area contributed by atoms with Crippen LogP contribution in [-0.2, 0) is 17.9 Å². The first-order valence-electron chi connectivity index (χ1n) is 8.66. The first-order valence-corrected chi connectivity index (χ1v) is 9.65. The lowest BCUT2D eigenvalue weighted by molar-refractivity contribution is -0.113. The molecule has 2 heterocycles. The summed E-state index contributed by atoms with van der Waals surface area (Å²) in [5, 5.41) is 12.0. The van der Waals surface area contributed by atoms with Crippen molar-refractivity contribution in [2.24, 2.45) is 0 Å². The first kappa shape index (κ1) is 19.4. The van der Waals surface area contributed by atoms with Crippen LogP contribution in [0.5, 0.6) is 0 Å². The van der Waals surface area contributed by atoms with Crippen molar-refractivity contribution in [3.8, 4) is 6.07 Å². The predicted octanol–water partition coefficient (Wildman–Crippen LogP) is 1.82. The molecular weight excluding hydrogens is 378 g/mol. The molecule has 28 heavy (non-hydrogen) atoms. The van der Waals surface area contributed by atoms with Gasteiger partial charge in [0.1, 0.15) is 17.5 Å². The van der Waals surface area contributed by atoms with Gasteiger partial charge in [-0.3, -0.25) is 13.9 Å². The maximum Gasteiger partial charge on any atom is 0.329 e. The Hall–Kier alpha value is -3.32. The molecule has 0 aliphatic heterocycles. The highest BCUT2D eigenvalue weighted by molar-refractivity contribution is 7.99. The van der Waals surface area contributed by atoms with Crippen LogP contribution in [0.3, 0.4) is 0 Å². The average Bonchev–Trinajstić information content (AvgIpc) is 2.96. The number of amides is 1. The smallest absolute Gasteiger partial charge is 0.329 e. The number of hydrogen-bond donors (Lipinski definition) is 2. The van der Waals surface area contributed by atoms with E-state index in [9.17, 15) is 9.59 Å². The van der Waals surface area contributed by atoms with Crippen LogP contribution in [0.4, 0.5) is 11.5 Å². The molecule has 3 N–H and O–H groups in total. The van der Waals surface area contributed by atoms with Crippen molar-refractivity contribution in [3.05, 3.63) is 40.4 Å². The molecule has 0 atom stereocenters. The molecule has 0 fully saturated rings. The van der Waals surface area contributed by atoms with E-state index in [-0.39, 0.29) is 28.7 Å². The Morgan fingerprint density at radius 2 is 2.00 bits per heavy atom. The molecule has 0 radical (unpaired) electrons. The number of hydrogen-bond acceptors (Lipinski definition) is 7. The van der Waals surface area contributed by atoms with E-state index in [1.165, 1.54) is 6.20 Å². The van der Waals surface area contributed by atoms with Crippen LogP contribution in [0, 0.1) is 11.3 Å². The number of imidazole rings is 1. The van der Waals surface area contributed by atoms with Crippen molar-refractivity contribution < 1.29 is 4.79 Å². The lowest BCUT2D eigenvalue weighted by atomic mass is 10.2. The molecule has 0 unspecified atom stereocenters. The van der Waals surface area contributed by atoms with Crippen molar-refractivity contribution in [2.45, 2.75) is 32.1 Å². The van der Waals surface area contributed by atoms with Gasteiger partial charge in [-0.25, -0.2) is 14.8 Å². The number of anilines is 2. The third-order valence-corrected chi connectivity index (χ3v) is 5.05. The zero-order chi connectivity index (χ0) is 20.3. The highest BCUT2D eigenvalue weighted by Crippen LogP contribution is 2.20. The van der Waals surface area contributed by atoms with Gasteiger partial charge in [0.2, 0.25) is 5.91 Å². The Kier molecular flexibility index (Phi) is 5.65. The van der Waals surface area contributed by atoms with Crippen molar-refractivity contribution in [1.82, 2.24) is 19.1 Å². The van der Waals surface area contributed by atoms with E-state index in [4.69, 9.17) is 11.0 Å². The molecule has 0 bridgehead atoms. The number of nitrogens with two attached hydrogens (primary N) is 1. The van der Waals surface area contributed by atoms with Crippen LogP contribution in [0.15, 0.2) is 34.3 Å². The number of rotatable bonds is 6. The number of nitrogens with zero attached hydrogens (tertiary/aromatic N) is 5. The summed E-state index contributed by atoms with van der Waals surface area (Å²) in [7, 11) is 0. The molecular formula is C18H19N7O2S. The van der Waals surface area contributed by atoms with E-state index in [0.29, 0.717) is 23.9 Å². The second-order valence-corrected chi connectivity index (χ2v) is 6.82. The summed E-state index contributed by atoms with van der Waals surface area (Å²) >= 11 is 1.12. The third-order valence-electron chi connectivity index (χ3n) is 4.18. The Balaban J connectivity index is 1.73. The number of aryl methyl sites for hydroxylation is 2. The number of carbonyl (C=O) groups excluding carboxylic acids is 1. The molecule has 0 aliphatic rings. The number of benzene rings is 1. The minimum Gasteiger partial charge on any atom is -0.382 e. The van der Waals surface area contributed by atoms with Crippen LogP contribution in [0.25, 0.3) is 11.0 Å². The summed E-state index contributed by atoms with van der Waals surface area (Å²) in [6.45, 7) is 4.96. The van der Waals surface area contributed by atoms with Crippen LogP contribution < -0.4 is 16.7 Å². The van der Waals surface area contributed by atoms with Crippen molar-refractivity contribution in [3.63, 3.8) is 0 Å². The molecule has 9 nitrogen and oxygen atoms in total. The van der Waals surface area contributed by atoms with Crippen molar-refractivity contribution >= 4 is 40.2 Å². The van der Waals surface area contributed by atoms with Gasteiger partial charge in [-0.1, -0.05) is 11.8 Å². The molecule has 144 valence electrons. The van der Waals surface area contributed by atoms with Crippen molar-refractivity contribution in [1.29, 1.82) is 5.26 Å². The fraction of sp³-hybridized carbons (Fsp3) is 0.278. The van der Waals surface area contributed by atoms with Gasteiger partial charge in [-0.15, -0.1) is 0 Å². The van der Waals surface area contributed by atoms with E-state index < -0.39 is 0 Å². The maximum absolute atomic E-state index is 12.4. The number of nitriles is 1. The molecule has 3 aromatic rings. The zero-order valence-electron chi connectivity index (χ0n) is 15.5. The maximum atomic E-state index is 12.4. The lowest BCUT2D eigenvalue weighted by Gasteiger charge is -2.06. The summed E-state index contributed by atoms with van der Waals surface area (Å²) in [6.07, 6.45) is 1.33. The normalized spacial score (nSPS) is 10.8. The fourth-order valence-electron chi connectivity index (χ4n) is 2.87. The number of carbonyl (C=O) groups is 1. The Labute approximate surface area is 165 Å². The first-order chi connectivity index (χ1) is 13.5. The van der Waals surface area contributed by atoms with E-state index in [1.807, 2.05) is 26.0 Å². The fourth-order valence-corrected chi connectivity index (χ4v) is 3.49. The molecule has 0 aliphatic carbocycles. The number of thioether (sulfide) groups is 1. The zero-order valence-corrected chi connectivity index (χ0v) is 16.3. The largest absolute Gasteiger partial charge is 0.382 e. The second-order valence-electron chi connectivity index (χ2n) is 5.87. The minimum atomic E-state index is -0.240. The number of nitrogen functional groups attached to an aromatic ring is 1. The number of aromatic nitrogens is 4. The van der Waals surface area contributed by atoms with E-state index in [1.54, 1.807) is 21.3 Å². The average molecular weight is 397 g/mol. The van der Waals surface area contributed by atoms with Gasteiger partial charge in [0.15, 0.2) is 5.16 Å². The molecule has 0 spiro atoms. The molecule has 1 aromatic carbocycles. The van der Waals surface area contributed by atoms with Gasteiger partial charge in [0, 0.05) is 18.8 Å². The van der Waals surface area contributed by atoms with Crippen molar-refractivity contribution in [2.75, 3.05) is 16.8 Å². The van der Waals surface area contributed by atoms with Gasteiger partial charge in [-0.05, 0) is 32.0 Å². The van der Waals surface area contributed by atoms with E-state index in [2.05, 4.69) is 15.3 Å². The van der Waals surface area contributed by atoms with E-state index in [0.717, 1.165) is 22.8 Å². The summed E-state index contributed by atoms with van der Waals surface area (Å²) in [6, 6.07) is 7.29. The second kappa shape index (κ2) is 8.14. The van der Waals surface area contributed by atoms with Crippen LogP contribution in [0.2, 0.25) is 0 Å². The Morgan fingerprint density at radius 1 is 1.29 bits per heavy atom. The van der Waals surface area contributed by atoms with Crippen LogP contribution in [0.1, 0.15) is 19.4 Å². The van der Waals surface area contributed by atoms with Gasteiger partial charge in [0.05, 0.1) is 23.0 Å². The van der Waals surface area contributed by atoms with Gasteiger partial charge in [-0.2, -0.15) is 5.26 Å². The van der Waals surface area contributed by atoms with Gasteiger partial charge < -0.3 is 11.1 Å². The lowest BCUT2D eigenvalue weighted by Crippen LogP contribution is -2.23. The standard InChI is InChI=1S/C18H19N7O2S/c1-3-24-13-6-5-12(7-14(13)25(4-2)18(24)27)22-15(26)10-28-17-21-9-11(8-19)16(20)23-17/h5-7,9H,3-4,10H2,1-2H3,(H,22,26)(H2,20,21,23). The summed E-state index contributed by atoms with van der Waals surface area (Å²) in [4.78, 5) is 32.7. The highest BCUT2D eigenvalue weighted by Gasteiger charge is 2.13. The quantitative estimate of drug-likeness (QED) is 0.479. The monoisotopic (exact) mass is 397 g/mol. The Bertz CT molecular complexity index is 1140. The molecule has 2 aromatic heterocycles.